The van der Waals surface area contributed by atoms with Gasteiger partial charge in [0.15, 0.2) is 0 Å². The quantitative estimate of drug-likeness (QED) is 0.858. The molecule has 0 saturated carbocycles. The summed E-state index contributed by atoms with van der Waals surface area (Å²) in [6.07, 6.45) is 3.29. The zero-order chi connectivity index (χ0) is 12.3. The Hall–Kier alpha value is -0.580. The van der Waals surface area contributed by atoms with Crippen molar-refractivity contribution in [1.29, 1.82) is 0 Å². The molecule has 17 heavy (non-hydrogen) atoms. The number of nitrogen functional groups attached to an aromatic ring is 1. The van der Waals surface area contributed by atoms with Gasteiger partial charge in [0.1, 0.15) is 0 Å². The average molecular weight is 274 g/mol. The number of ether oxygens (including phenoxy) is 1. The number of anilines is 1. The van der Waals surface area contributed by atoms with Crippen LogP contribution < -0.4 is 5.73 Å². The second-order valence-corrected chi connectivity index (χ2v) is 6.13. The largest absolute Gasteiger partial charge is 0.398 e. The van der Waals surface area contributed by atoms with E-state index in [-0.39, 0.29) is 6.10 Å². The van der Waals surface area contributed by atoms with Gasteiger partial charge in [-0.3, -0.25) is 4.21 Å². The van der Waals surface area contributed by atoms with Gasteiger partial charge in [0.25, 0.3) is 0 Å². The molecule has 3 nitrogen and oxygen atoms in total. The molecule has 1 fully saturated rings. The number of benzene rings is 1. The Labute approximate surface area is 109 Å². The summed E-state index contributed by atoms with van der Waals surface area (Å²) in [6.45, 7) is 0.834. The highest BCUT2D eigenvalue weighted by molar-refractivity contribution is 7.85. The minimum Gasteiger partial charge on any atom is -0.398 e. The third-order valence-corrected chi connectivity index (χ3v) is 4.57. The van der Waals surface area contributed by atoms with Crippen LogP contribution >= 0.6 is 11.6 Å². The first kappa shape index (κ1) is 12.9. The molecule has 0 bridgehead atoms. The van der Waals surface area contributed by atoms with E-state index in [2.05, 4.69) is 0 Å². The number of halogens is 1. The first-order valence-electron chi connectivity index (χ1n) is 5.72. The molecule has 0 radical (unpaired) electrons. The number of hydrogen-bond donors (Lipinski definition) is 1. The average Bonchev–Trinajstić information content (AvgIpc) is 2.78. The molecule has 1 aromatic rings. The van der Waals surface area contributed by atoms with E-state index in [0.717, 1.165) is 25.9 Å². The first-order chi connectivity index (χ1) is 8.16. The van der Waals surface area contributed by atoms with E-state index >= 15 is 0 Å². The summed E-state index contributed by atoms with van der Waals surface area (Å²) < 4.78 is 17.6. The van der Waals surface area contributed by atoms with Crippen LogP contribution in [0.3, 0.4) is 0 Å². The van der Waals surface area contributed by atoms with Gasteiger partial charge in [0.05, 0.1) is 21.8 Å². The van der Waals surface area contributed by atoms with E-state index in [9.17, 15) is 4.21 Å². The van der Waals surface area contributed by atoms with Gasteiger partial charge in [-0.25, -0.2) is 0 Å². The Balaban J connectivity index is 1.94. The third-order valence-electron chi connectivity index (χ3n) is 2.87. The topological polar surface area (TPSA) is 52.3 Å². The van der Waals surface area contributed by atoms with Crippen LogP contribution in [0.15, 0.2) is 23.1 Å². The summed E-state index contributed by atoms with van der Waals surface area (Å²) in [5.41, 5.74) is 6.30. The second-order valence-electron chi connectivity index (χ2n) is 4.16. The van der Waals surface area contributed by atoms with Crippen molar-refractivity contribution in [1.82, 2.24) is 0 Å². The lowest BCUT2D eigenvalue weighted by Crippen LogP contribution is -2.11. The molecule has 0 aliphatic carbocycles. The Morgan fingerprint density at radius 3 is 3.00 bits per heavy atom. The fraction of sp³-hybridized carbons (Fsp3) is 0.500. The lowest BCUT2D eigenvalue weighted by atomic mass is 10.2. The predicted molar refractivity (Wildman–Crippen MR) is 70.7 cm³/mol. The van der Waals surface area contributed by atoms with Gasteiger partial charge in [-0.2, -0.15) is 0 Å². The molecule has 1 aliphatic heterocycles. The summed E-state index contributed by atoms with van der Waals surface area (Å²) in [7, 11) is -1.06. The monoisotopic (exact) mass is 273 g/mol. The molecule has 1 heterocycles. The van der Waals surface area contributed by atoms with Gasteiger partial charge in [-0.15, -0.1) is 0 Å². The maximum absolute atomic E-state index is 12.1. The summed E-state index contributed by atoms with van der Waals surface area (Å²) in [5.74, 6) is 0.594. The second kappa shape index (κ2) is 5.85. The lowest BCUT2D eigenvalue weighted by molar-refractivity contribution is 0.109. The van der Waals surface area contributed by atoms with E-state index < -0.39 is 10.8 Å². The Morgan fingerprint density at radius 2 is 2.35 bits per heavy atom. The highest BCUT2D eigenvalue weighted by Gasteiger charge is 2.17. The molecule has 94 valence electrons. The number of hydrogen-bond acceptors (Lipinski definition) is 3. The molecule has 1 saturated heterocycles. The maximum Gasteiger partial charge on any atom is 0.0618 e. The van der Waals surface area contributed by atoms with Crippen LogP contribution in [0.4, 0.5) is 5.69 Å². The van der Waals surface area contributed by atoms with Crippen LogP contribution in [-0.4, -0.2) is 22.7 Å². The van der Waals surface area contributed by atoms with Crippen LogP contribution in [0.2, 0.25) is 5.02 Å². The number of nitrogens with two attached hydrogens (primary N) is 1. The molecule has 5 heteroatoms. The molecule has 2 atom stereocenters. The van der Waals surface area contributed by atoms with Crippen molar-refractivity contribution in [3.63, 3.8) is 0 Å². The normalized spacial score (nSPS) is 21.6. The van der Waals surface area contributed by atoms with Crippen molar-refractivity contribution >= 4 is 28.1 Å². The van der Waals surface area contributed by atoms with Gasteiger partial charge >= 0.3 is 0 Å². The third kappa shape index (κ3) is 3.44. The molecule has 2 rings (SSSR count). The summed E-state index contributed by atoms with van der Waals surface area (Å²) in [6, 6.07) is 5.10. The highest BCUT2D eigenvalue weighted by atomic mass is 35.5. The summed E-state index contributed by atoms with van der Waals surface area (Å²) >= 11 is 5.80. The Kier molecular flexibility index (Phi) is 4.42. The zero-order valence-electron chi connectivity index (χ0n) is 9.52. The molecular formula is C12H16ClNO2S. The highest BCUT2D eigenvalue weighted by Crippen LogP contribution is 2.23. The molecule has 2 unspecified atom stereocenters. The van der Waals surface area contributed by atoms with Crippen LogP contribution in [0.1, 0.15) is 19.3 Å². The van der Waals surface area contributed by atoms with Crippen molar-refractivity contribution in [3.05, 3.63) is 23.2 Å². The fourth-order valence-electron chi connectivity index (χ4n) is 1.95. The lowest BCUT2D eigenvalue weighted by Gasteiger charge is -2.10. The van der Waals surface area contributed by atoms with Gasteiger partial charge in [-0.1, -0.05) is 11.6 Å². The van der Waals surface area contributed by atoms with Crippen molar-refractivity contribution in [2.24, 2.45) is 0 Å². The summed E-state index contributed by atoms with van der Waals surface area (Å²) in [4.78, 5) is 0.674. The Bertz CT molecular complexity index is 419. The van der Waals surface area contributed by atoms with E-state index in [1.807, 2.05) is 0 Å². The molecule has 2 N–H and O–H groups in total. The zero-order valence-corrected chi connectivity index (χ0v) is 11.1. The molecule has 0 aromatic heterocycles. The van der Waals surface area contributed by atoms with Crippen molar-refractivity contribution in [2.75, 3.05) is 18.1 Å². The molecule has 0 spiro atoms. The van der Waals surface area contributed by atoms with Crippen LogP contribution in [0, 0.1) is 0 Å². The van der Waals surface area contributed by atoms with E-state index in [4.69, 9.17) is 22.1 Å². The van der Waals surface area contributed by atoms with Crippen LogP contribution in [0.25, 0.3) is 0 Å². The molecule has 1 aliphatic rings. The predicted octanol–water partition coefficient (Wildman–Crippen LogP) is 2.60. The van der Waals surface area contributed by atoms with Crippen molar-refractivity contribution in [2.45, 2.75) is 30.3 Å². The first-order valence-corrected chi connectivity index (χ1v) is 7.41. The van der Waals surface area contributed by atoms with Crippen LogP contribution in [-0.2, 0) is 15.5 Å². The fourth-order valence-corrected chi connectivity index (χ4v) is 3.37. The number of rotatable bonds is 4. The van der Waals surface area contributed by atoms with E-state index in [0.29, 0.717) is 21.4 Å². The maximum atomic E-state index is 12.1. The van der Waals surface area contributed by atoms with Crippen molar-refractivity contribution in [3.8, 4) is 0 Å². The van der Waals surface area contributed by atoms with E-state index in [1.54, 1.807) is 18.2 Å². The minimum atomic E-state index is -1.06. The van der Waals surface area contributed by atoms with Gasteiger partial charge < -0.3 is 10.5 Å². The van der Waals surface area contributed by atoms with Crippen LogP contribution in [0.5, 0.6) is 0 Å². The molecular weight excluding hydrogens is 258 g/mol. The molecule has 1 aromatic carbocycles. The van der Waals surface area contributed by atoms with Gasteiger partial charge in [0, 0.05) is 23.1 Å². The Morgan fingerprint density at radius 1 is 1.53 bits per heavy atom. The van der Waals surface area contributed by atoms with Gasteiger partial charge in [0.2, 0.25) is 0 Å². The SMILES string of the molecule is Nc1cc(Cl)ccc1S(=O)CCC1CCCO1. The standard InChI is InChI=1S/C12H16ClNO2S/c13-9-3-4-12(11(14)8-9)17(15)7-5-10-2-1-6-16-10/h3-4,8,10H,1-2,5-7,14H2. The van der Waals surface area contributed by atoms with Crippen molar-refractivity contribution < 1.29 is 8.95 Å². The summed E-state index contributed by atoms with van der Waals surface area (Å²) in [5, 5.41) is 0.572. The minimum absolute atomic E-state index is 0.271. The molecule has 0 amide bonds. The van der Waals surface area contributed by atoms with Gasteiger partial charge in [-0.05, 0) is 37.5 Å². The van der Waals surface area contributed by atoms with E-state index in [1.165, 1.54) is 0 Å². The smallest absolute Gasteiger partial charge is 0.0618 e.